The fraction of sp³-hybridized carbons (Fsp3) is 0.370. The first-order chi connectivity index (χ1) is 17.5. The van der Waals surface area contributed by atoms with Crippen LogP contribution in [-0.2, 0) is 11.3 Å². The Morgan fingerprint density at radius 2 is 1.67 bits per heavy atom. The maximum absolute atomic E-state index is 12.7. The van der Waals surface area contributed by atoms with Crippen LogP contribution in [0.15, 0.2) is 52.9 Å². The topological polar surface area (TPSA) is 97.1 Å². The Bertz CT molecular complexity index is 1170. The molecule has 190 valence electrons. The number of nitrogens with one attached hydrogen (secondary N) is 1. The Labute approximate surface area is 211 Å². The number of benzene rings is 2. The molecular formula is C27H32N4O5. The van der Waals surface area contributed by atoms with Gasteiger partial charge in [-0.1, -0.05) is 0 Å². The number of carbonyl (C=O) groups is 2. The van der Waals surface area contributed by atoms with Crippen LogP contribution in [-0.4, -0.2) is 66.2 Å². The number of urea groups is 1. The lowest BCUT2D eigenvalue weighted by atomic mass is 10.2. The second-order valence-corrected chi connectivity index (χ2v) is 8.47. The van der Waals surface area contributed by atoms with Gasteiger partial charge in [-0.05, 0) is 69.3 Å². The van der Waals surface area contributed by atoms with Gasteiger partial charge in [0, 0.05) is 44.0 Å². The van der Waals surface area contributed by atoms with E-state index < -0.39 is 0 Å². The largest absolute Gasteiger partial charge is 0.494 e. The van der Waals surface area contributed by atoms with Gasteiger partial charge in [0.25, 0.3) is 0 Å². The molecule has 0 atom stereocenters. The third-order valence-corrected chi connectivity index (χ3v) is 5.99. The van der Waals surface area contributed by atoms with Crippen LogP contribution in [0, 0.1) is 6.92 Å². The van der Waals surface area contributed by atoms with Crippen LogP contribution in [0.25, 0.3) is 11.5 Å². The van der Waals surface area contributed by atoms with Crippen molar-refractivity contribution in [2.24, 2.45) is 0 Å². The number of aryl methyl sites for hydroxylation is 1. The van der Waals surface area contributed by atoms with Crippen LogP contribution < -0.4 is 10.1 Å². The molecule has 1 aliphatic heterocycles. The Kier molecular flexibility index (Phi) is 8.22. The second-order valence-electron chi connectivity index (χ2n) is 8.47. The van der Waals surface area contributed by atoms with Crippen LogP contribution in [0.3, 0.4) is 0 Å². The van der Waals surface area contributed by atoms with Crippen molar-refractivity contribution in [1.29, 1.82) is 0 Å². The minimum atomic E-state index is -0.375. The molecule has 1 aliphatic rings. The highest BCUT2D eigenvalue weighted by Crippen LogP contribution is 2.25. The molecule has 1 aromatic heterocycles. The summed E-state index contributed by atoms with van der Waals surface area (Å²) >= 11 is 0. The average Bonchev–Trinajstić information content (AvgIpc) is 3.25. The van der Waals surface area contributed by atoms with Crippen molar-refractivity contribution in [3.05, 3.63) is 65.5 Å². The second kappa shape index (κ2) is 11.7. The average molecular weight is 493 g/mol. The summed E-state index contributed by atoms with van der Waals surface area (Å²) in [6.45, 7) is 9.94. The number of oxazole rings is 1. The van der Waals surface area contributed by atoms with Gasteiger partial charge in [-0.15, -0.1) is 0 Å². The summed E-state index contributed by atoms with van der Waals surface area (Å²) in [5.41, 5.74) is 2.90. The monoisotopic (exact) mass is 492 g/mol. The molecule has 4 rings (SSSR count). The Morgan fingerprint density at radius 1 is 0.972 bits per heavy atom. The first-order valence-electron chi connectivity index (χ1n) is 12.2. The molecule has 2 amide bonds. The van der Waals surface area contributed by atoms with Crippen molar-refractivity contribution in [2.45, 2.75) is 27.3 Å². The molecule has 1 fully saturated rings. The number of aromatic nitrogens is 1. The van der Waals surface area contributed by atoms with Gasteiger partial charge in [0.2, 0.25) is 5.89 Å². The molecule has 0 bridgehead atoms. The molecule has 1 N–H and O–H groups in total. The Hall–Kier alpha value is -3.85. The van der Waals surface area contributed by atoms with Gasteiger partial charge in [-0.3, -0.25) is 4.90 Å². The first-order valence-corrected chi connectivity index (χ1v) is 12.2. The van der Waals surface area contributed by atoms with Crippen molar-refractivity contribution in [2.75, 3.05) is 44.7 Å². The smallest absolute Gasteiger partial charge is 0.338 e. The highest BCUT2D eigenvalue weighted by molar-refractivity contribution is 5.92. The number of rotatable bonds is 8. The molecular weight excluding hydrogens is 460 g/mol. The molecule has 9 heteroatoms. The van der Waals surface area contributed by atoms with Gasteiger partial charge in [-0.25, -0.2) is 14.6 Å². The summed E-state index contributed by atoms with van der Waals surface area (Å²) in [5.74, 6) is 1.84. The van der Waals surface area contributed by atoms with E-state index in [1.807, 2.05) is 38.1 Å². The van der Waals surface area contributed by atoms with E-state index in [-0.39, 0.29) is 12.0 Å². The molecule has 36 heavy (non-hydrogen) atoms. The quantitative estimate of drug-likeness (QED) is 0.460. The molecule has 0 saturated carbocycles. The maximum atomic E-state index is 12.7. The minimum Gasteiger partial charge on any atom is -0.494 e. The molecule has 0 unspecified atom stereocenters. The van der Waals surface area contributed by atoms with Gasteiger partial charge >= 0.3 is 12.0 Å². The van der Waals surface area contributed by atoms with Crippen LogP contribution in [0.4, 0.5) is 10.5 Å². The number of hydrogen-bond donors (Lipinski definition) is 1. The van der Waals surface area contributed by atoms with Crippen LogP contribution in [0.5, 0.6) is 5.75 Å². The predicted octanol–water partition coefficient (Wildman–Crippen LogP) is 4.58. The molecule has 9 nitrogen and oxygen atoms in total. The number of hydrogen-bond acceptors (Lipinski definition) is 7. The van der Waals surface area contributed by atoms with E-state index in [0.717, 1.165) is 35.9 Å². The zero-order valence-corrected chi connectivity index (χ0v) is 21.0. The van der Waals surface area contributed by atoms with Crippen LogP contribution in [0.1, 0.15) is 35.7 Å². The third kappa shape index (κ3) is 6.23. The zero-order chi connectivity index (χ0) is 25.5. The van der Waals surface area contributed by atoms with E-state index in [9.17, 15) is 9.59 Å². The number of amides is 2. The molecule has 0 spiro atoms. The van der Waals surface area contributed by atoms with Crippen molar-refractivity contribution in [1.82, 2.24) is 14.8 Å². The third-order valence-electron chi connectivity index (χ3n) is 5.99. The number of anilines is 1. The number of esters is 1. The van der Waals surface area contributed by atoms with E-state index in [4.69, 9.17) is 18.9 Å². The van der Waals surface area contributed by atoms with Gasteiger partial charge in [0.1, 0.15) is 11.5 Å². The summed E-state index contributed by atoms with van der Waals surface area (Å²) in [5, 5.41) is 2.90. The lowest BCUT2D eigenvalue weighted by Gasteiger charge is -2.34. The number of nitrogens with zero attached hydrogens (tertiary/aromatic N) is 3. The number of ether oxygens (including phenoxy) is 2. The fourth-order valence-corrected chi connectivity index (χ4v) is 3.99. The molecule has 0 aliphatic carbocycles. The van der Waals surface area contributed by atoms with Crippen molar-refractivity contribution < 1.29 is 23.5 Å². The van der Waals surface area contributed by atoms with Crippen LogP contribution in [0.2, 0.25) is 0 Å². The molecule has 2 aromatic carbocycles. The van der Waals surface area contributed by atoms with E-state index in [2.05, 4.69) is 10.2 Å². The minimum absolute atomic E-state index is 0.158. The highest BCUT2D eigenvalue weighted by Gasteiger charge is 2.23. The standard InChI is InChI=1S/C27H32N4O5/c1-4-34-23-12-8-20(9-13-23)25-29-24(19(3)36-25)18-30-14-16-31(17-15-30)27(33)28-22-10-6-21(7-11-22)26(32)35-5-2/h6-13H,4-5,14-18H2,1-3H3,(H,28,33). The van der Waals surface area contributed by atoms with Gasteiger partial charge in [-0.2, -0.15) is 0 Å². The van der Waals surface area contributed by atoms with Gasteiger partial charge < -0.3 is 24.1 Å². The highest BCUT2D eigenvalue weighted by atomic mass is 16.5. The predicted molar refractivity (Wildman–Crippen MR) is 136 cm³/mol. The Morgan fingerprint density at radius 3 is 2.31 bits per heavy atom. The molecule has 2 heterocycles. The number of piperazine rings is 1. The summed E-state index contributed by atoms with van der Waals surface area (Å²) < 4.78 is 16.4. The summed E-state index contributed by atoms with van der Waals surface area (Å²) in [6, 6.07) is 14.3. The molecule has 1 saturated heterocycles. The van der Waals surface area contributed by atoms with E-state index >= 15 is 0 Å². The lowest BCUT2D eigenvalue weighted by molar-refractivity contribution is 0.0526. The van der Waals surface area contributed by atoms with Gasteiger partial charge in [0.05, 0.1) is 24.5 Å². The van der Waals surface area contributed by atoms with Gasteiger partial charge in [0.15, 0.2) is 0 Å². The maximum Gasteiger partial charge on any atom is 0.338 e. The lowest BCUT2D eigenvalue weighted by Crippen LogP contribution is -2.49. The SMILES string of the molecule is CCOC(=O)c1ccc(NC(=O)N2CCN(Cc3nc(-c4ccc(OCC)cc4)oc3C)CC2)cc1. The normalized spacial score (nSPS) is 13.9. The summed E-state index contributed by atoms with van der Waals surface area (Å²) in [6.07, 6.45) is 0. The zero-order valence-electron chi connectivity index (χ0n) is 21.0. The van der Waals surface area contributed by atoms with Crippen molar-refractivity contribution >= 4 is 17.7 Å². The van der Waals surface area contributed by atoms with Crippen molar-refractivity contribution in [3.8, 4) is 17.2 Å². The van der Waals surface area contributed by atoms with Crippen molar-refractivity contribution in [3.63, 3.8) is 0 Å². The fourth-order valence-electron chi connectivity index (χ4n) is 3.99. The first kappa shape index (κ1) is 25.2. The summed E-state index contributed by atoms with van der Waals surface area (Å²) in [7, 11) is 0. The molecule has 0 radical (unpaired) electrons. The summed E-state index contributed by atoms with van der Waals surface area (Å²) in [4.78, 5) is 33.3. The van der Waals surface area contributed by atoms with E-state index in [0.29, 0.717) is 50.0 Å². The molecule has 3 aromatic rings. The van der Waals surface area contributed by atoms with E-state index in [1.165, 1.54) is 0 Å². The van der Waals surface area contributed by atoms with Crippen LogP contribution >= 0.6 is 0 Å². The van der Waals surface area contributed by atoms with E-state index in [1.54, 1.807) is 36.1 Å². The number of carbonyl (C=O) groups excluding carboxylic acids is 2. The Balaban J connectivity index is 1.28.